The molecule has 1 aliphatic rings. The predicted molar refractivity (Wildman–Crippen MR) is 121 cm³/mol. The molecular weight excluding hydrogens is 394 g/mol. The number of hydrogen-bond donors (Lipinski definition) is 1. The number of benzene rings is 2. The number of nitriles is 1. The van der Waals surface area contributed by atoms with Crippen molar-refractivity contribution in [1.29, 1.82) is 5.26 Å². The highest BCUT2D eigenvalue weighted by Gasteiger charge is 2.40. The molecule has 1 N–H and O–H groups in total. The van der Waals surface area contributed by atoms with Crippen LogP contribution < -0.4 is 10.2 Å². The second kappa shape index (κ2) is 10.1. The number of rotatable bonds is 7. The average Bonchev–Trinajstić information content (AvgIpc) is 3.09. The summed E-state index contributed by atoms with van der Waals surface area (Å²) in [7, 11) is 1.48. The summed E-state index contributed by atoms with van der Waals surface area (Å²) in [6.45, 7) is 2.18. The van der Waals surface area contributed by atoms with Crippen molar-refractivity contribution in [3.63, 3.8) is 0 Å². The van der Waals surface area contributed by atoms with E-state index < -0.39 is 11.2 Å². The van der Waals surface area contributed by atoms with Crippen LogP contribution in [0.3, 0.4) is 0 Å². The summed E-state index contributed by atoms with van der Waals surface area (Å²) in [5.74, 6) is -0.609. The second-order valence-electron chi connectivity index (χ2n) is 7.11. The number of unbranched alkanes of at least 4 members (excludes halogenated alkanes) is 1. The molecule has 6 heteroatoms. The third-order valence-electron chi connectivity index (χ3n) is 5.01. The zero-order valence-corrected chi connectivity index (χ0v) is 18.0. The molecular formula is C24H25N3O2S. The number of thioether (sulfide) groups is 1. The third-order valence-corrected chi connectivity index (χ3v) is 6.27. The topological polar surface area (TPSA) is 73.2 Å². The van der Waals surface area contributed by atoms with Crippen LogP contribution in [0.1, 0.15) is 30.9 Å². The minimum atomic E-state index is -0.491. The number of nitrogens with zero attached hydrogens (tertiary/aromatic N) is 2. The fourth-order valence-electron chi connectivity index (χ4n) is 3.36. The molecule has 5 nitrogen and oxygen atoms in total. The molecule has 154 valence electrons. The normalized spacial score (nSPS) is 17.6. The van der Waals surface area contributed by atoms with Gasteiger partial charge < -0.3 is 5.32 Å². The van der Waals surface area contributed by atoms with Crippen LogP contribution >= 0.6 is 11.8 Å². The summed E-state index contributed by atoms with van der Waals surface area (Å²) in [5.41, 5.74) is 2.97. The molecule has 0 aliphatic carbocycles. The number of para-hydroxylation sites is 1. The van der Waals surface area contributed by atoms with E-state index >= 15 is 0 Å². The molecule has 0 saturated carbocycles. The van der Waals surface area contributed by atoms with Gasteiger partial charge in [-0.2, -0.15) is 5.26 Å². The Morgan fingerprint density at radius 2 is 1.80 bits per heavy atom. The van der Waals surface area contributed by atoms with Crippen LogP contribution in [0.15, 0.2) is 65.2 Å². The molecule has 1 fully saturated rings. The molecule has 30 heavy (non-hydrogen) atoms. The van der Waals surface area contributed by atoms with Gasteiger partial charge >= 0.3 is 0 Å². The van der Waals surface area contributed by atoms with E-state index in [1.165, 1.54) is 29.3 Å². The summed E-state index contributed by atoms with van der Waals surface area (Å²) in [6.07, 6.45) is 3.91. The van der Waals surface area contributed by atoms with Crippen molar-refractivity contribution in [1.82, 2.24) is 5.32 Å². The zero-order chi connectivity index (χ0) is 21.5. The highest BCUT2D eigenvalue weighted by molar-refractivity contribution is 8.05. The first kappa shape index (κ1) is 21.7. The Labute approximate surface area is 181 Å². The Kier molecular flexibility index (Phi) is 7.31. The van der Waals surface area contributed by atoms with E-state index in [1.54, 1.807) is 0 Å². The lowest BCUT2D eigenvalue weighted by molar-refractivity contribution is -0.117. The van der Waals surface area contributed by atoms with Gasteiger partial charge in [-0.1, -0.05) is 67.6 Å². The lowest BCUT2D eigenvalue weighted by Crippen LogP contribution is -2.31. The lowest BCUT2D eigenvalue weighted by Gasteiger charge is -2.18. The molecule has 2 aromatic rings. The van der Waals surface area contributed by atoms with Gasteiger partial charge in [0.05, 0.1) is 5.25 Å². The first-order valence-corrected chi connectivity index (χ1v) is 11.0. The summed E-state index contributed by atoms with van der Waals surface area (Å²) < 4.78 is 0. The molecule has 0 aromatic heterocycles. The zero-order valence-electron chi connectivity index (χ0n) is 17.2. The van der Waals surface area contributed by atoms with E-state index in [0.29, 0.717) is 17.1 Å². The van der Waals surface area contributed by atoms with E-state index in [-0.39, 0.29) is 11.5 Å². The van der Waals surface area contributed by atoms with Gasteiger partial charge in [0.1, 0.15) is 16.7 Å². The van der Waals surface area contributed by atoms with E-state index in [2.05, 4.69) is 36.5 Å². The molecule has 2 amide bonds. The molecule has 3 rings (SSSR count). The van der Waals surface area contributed by atoms with Crippen molar-refractivity contribution in [3.8, 4) is 6.07 Å². The molecule has 0 bridgehead atoms. The molecule has 0 unspecified atom stereocenters. The van der Waals surface area contributed by atoms with E-state index in [9.17, 15) is 14.9 Å². The van der Waals surface area contributed by atoms with Crippen LogP contribution in [0.25, 0.3) is 0 Å². The number of carbonyl (C=O) groups excluding carboxylic acids is 2. The number of hydrogen-bond acceptors (Lipinski definition) is 4. The van der Waals surface area contributed by atoms with Crippen molar-refractivity contribution in [3.05, 3.63) is 76.3 Å². The summed E-state index contributed by atoms with van der Waals surface area (Å²) in [4.78, 5) is 27.0. The standard InChI is InChI=1S/C24H25N3O2S/c1-3-4-8-17-11-13-18(14-12-17)15-21-23(29)27(19-9-6-5-7-10-19)24(30-21)20(16-25)22(28)26-2/h5-7,9-14,21H,3-4,8,15H2,1-2H3,(H,26,28)/b24-20+/t21-/m0/s1. The highest BCUT2D eigenvalue weighted by atomic mass is 32.2. The van der Waals surface area contributed by atoms with Crippen LogP contribution in [-0.2, 0) is 22.4 Å². The minimum absolute atomic E-state index is 0.0443. The van der Waals surface area contributed by atoms with Crippen LogP contribution in [0, 0.1) is 11.3 Å². The molecule has 1 aliphatic heterocycles. The van der Waals surface area contributed by atoms with Gasteiger partial charge in [-0.15, -0.1) is 0 Å². The quantitative estimate of drug-likeness (QED) is 0.539. The Hall–Kier alpha value is -3.04. The molecule has 1 heterocycles. The average molecular weight is 420 g/mol. The van der Waals surface area contributed by atoms with Gasteiger partial charge in [-0.05, 0) is 42.5 Å². The maximum Gasteiger partial charge on any atom is 0.264 e. The van der Waals surface area contributed by atoms with Crippen molar-refractivity contribution in [2.75, 3.05) is 11.9 Å². The van der Waals surface area contributed by atoms with E-state index in [4.69, 9.17) is 0 Å². The maximum atomic E-state index is 13.3. The van der Waals surface area contributed by atoms with Crippen LogP contribution in [0.4, 0.5) is 5.69 Å². The number of anilines is 1. The van der Waals surface area contributed by atoms with Gasteiger partial charge in [0.25, 0.3) is 5.91 Å². The first-order chi connectivity index (χ1) is 14.6. The van der Waals surface area contributed by atoms with Crippen LogP contribution in [0.5, 0.6) is 0 Å². The molecule has 0 radical (unpaired) electrons. The van der Waals surface area contributed by atoms with Crippen LogP contribution in [-0.4, -0.2) is 24.1 Å². The predicted octanol–water partition coefficient (Wildman–Crippen LogP) is 4.20. The number of amides is 2. The van der Waals surface area contributed by atoms with Gasteiger partial charge in [0.2, 0.25) is 5.91 Å². The summed E-state index contributed by atoms with van der Waals surface area (Å²) >= 11 is 1.28. The highest BCUT2D eigenvalue weighted by Crippen LogP contribution is 2.41. The number of likely N-dealkylation sites (N-methyl/N-ethyl adjacent to an activating group) is 1. The monoisotopic (exact) mass is 419 g/mol. The number of nitrogens with one attached hydrogen (secondary N) is 1. The SMILES string of the molecule is CCCCc1ccc(C[C@@H]2S/C(=C(\C#N)C(=O)NC)N(c3ccccc3)C2=O)cc1. The smallest absolute Gasteiger partial charge is 0.264 e. The van der Waals surface area contributed by atoms with Crippen molar-refractivity contribution < 1.29 is 9.59 Å². The number of aryl methyl sites for hydroxylation is 1. The molecule has 1 atom stereocenters. The minimum Gasteiger partial charge on any atom is -0.354 e. The van der Waals surface area contributed by atoms with Crippen molar-refractivity contribution in [2.45, 2.75) is 37.9 Å². The Morgan fingerprint density at radius 3 is 2.40 bits per heavy atom. The third kappa shape index (κ3) is 4.74. The number of carbonyl (C=O) groups is 2. The largest absolute Gasteiger partial charge is 0.354 e. The molecule has 0 spiro atoms. The van der Waals surface area contributed by atoms with Gasteiger partial charge in [-0.25, -0.2) is 0 Å². The molecule has 2 aromatic carbocycles. The fraction of sp³-hybridized carbons (Fsp3) is 0.292. The maximum absolute atomic E-state index is 13.3. The van der Waals surface area contributed by atoms with Gasteiger partial charge in [0, 0.05) is 12.7 Å². The van der Waals surface area contributed by atoms with Gasteiger partial charge in [-0.3, -0.25) is 14.5 Å². The van der Waals surface area contributed by atoms with Gasteiger partial charge in [0.15, 0.2) is 0 Å². The van der Waals surface area contributed by atoms with E-state index in [1.807, 2.05) is 36.4 Å². The van der Waals surface area contributed by atoms with Crippen molar-refractivity contribution in [2.24, 2.45) is 0 Å². The Bertz CT molecular complexity index is 978. The molecule has 1 saturated heterocycles. The van der Waals surface area contributed by atoms with Crippen molar-refractivity contribution >= 4 is 29.3 Å². The second-order valence-corrected chi connectivity index (χ2v) is 8.30. The lowest BCUT2D eigenvalue weighted by atomic mass is 10.0. The van der Waals surface area contributed by atoms with E-state index in [0.717, 1.165) is 24.8 Å². The summed E-state index contributed by atoms with van der Waals surface area (Å²) in [6, 6.07) is 19.5. The Morgan fingerprint density at radius 1 is 1.13 bits per heavy atom. The first-order valence-electron chi connectivity index (χ1n) is 10.1. The fourth-order valence-corrected chi connectivity index (χ4v) is 4.67. The summed E-state index contributed by atoms with van der Waals surface area (Å²) in [5, 5.41) is 12.1. The van der Waals surface area contributed by atoms with Crippen LogP contribution in [0.2, 0.25) is 0 Å². The Balaban J connectivity index is 1.90.